The monoisotopic (exact) mass is 434 g/mol. The van der Waals surface area contributed by atoms with Crippen LogP contribution in [0, 0.1) is 6.92 Å². The topological polar surface area (TPSA) is 120 Å². The number of halogens is 3. The lowest BCUT2D eigenvalue weighted by Crippen LogP contribution is -2.23. The van der Waals surface area contributed by atoms with Crippen LogP contribution in [-0.2, 0) is 6.18 Å². The van der Waals surface area contributed by atoms with Gasteiger partial charge in [0.1, 0.15) is 11.5 Å². The van der Waals surface area contributed by atoms with Crippen molar-refractivity contribution >= 4 is 11.6 Å². The summed E-state index contributed by atoms with van der Waals surface area (Å²) in [7, 11) is 0. The highest BCUT2D eigenvalue weighted by molar-refractivity contribution is 6.02. The average molecular weight is 434 g/mol. The molecule has 0 spiro atoms. The van der Waals surface area contributed by atoms with Crippen molar-refractivity contribution in [2.75, 3.05) is 0 Å². The molecule has 1 aromatic heterocycles. The van der Waals surface area contributed by atoms with Crippen LogP contribution >= 0.6 is 0 Å². The Bertz CT molecular complexity index is 1240. The maximum absolute atomic E-state index is 13.0. The second-order valence-electron chi connectivity index (χ2n) is 6.64. The lowest BCUT2D eigenvalue weighted by molar-refractivity contribution is -0.137. The first-order valence-electron chi connectivity index (χ1n) is 8.85. The van der Waals surface area contributed by atoms with Gasteiger partial charge in [0.15, 0.2) is 0 Å². The number of benzene rings is 2. The van der Waals surface area contributed by atoms with Gasteiger partial charge >= 0.3 is 6.18 Å². The maximum Gasteiger partial charge on any atom is 0.416 e. The van der Waals surface area contributed by atoms with Gasteiger partial charge < -0.3 is 10.2 Å². The molecule has 0 radical (unpaired) electrons. The molecule has 0 aliphatic rings. The minimum Gasteiger partial charge on any atom is -0.508 e. The minimum atomic E-state index is -4.56. The zero-order valence-corrected chi connectivity index (χ0v) is 16.3. The number of hydrazone groups is 1. The third kappa shape index (κ3) is 4.44. The lowest BCUT2D eigenvalue weighted by atomic mass is 10.1. The van der Waals surface area contributed by atoms with E-state index in [1.165, 1.54) is 38.1 Å². The van der Waals surface area contributed by atoms with Crippen LogP contribution in [-0.4, -0.2) is 31.6 Å². The summed E-state index contributed by atoms with van der Waals surface area (Å²) in [5, 5.41) is 25.6. The summed E-state index contributed by atoms with van der Waals surface area (Å²) in [5.41, 5.74) is 0.944. The molecule has 0 unspecified atom stereocenters. The zero-order chi connectivity index (χ0) is 22.9. The number of carbonyl (C=O) groups is 1. The normalized spacial score (nSPS) is 12.1. The summed E-state index contributed by atoms with van der Waals surface area (Å²) in [6.07, 6.45) is -4.56. The largest absolute Gasteiger partial charge is 0.508 e. The summed E-state index contributed by atoms with van der Waals surface area (Å²) < 4.78 is 39.9. The summed E-state index contributed by atoms with van der Waals surface area (Å²) in [6, 6.07) is 7.64. The number of phenols is 2. The molecule has 3 rings (SSSR count). The summed E-state index contributed by atoms with van der Waals surface area (Å²) in [4.78, 5) is 25.0. The summed E-state index contributed by atoms with van der Waals surface area (Å²) in [5.74, 6) is -1.48. The minimum absolute atomic E-state index is 0.0139. The van der Waals surface area contributed by atoms with Gasteiger partial charge in [0.25, 0.3) is 11.5 Å². The predicted octanol–water partition coefficient (Wildman–Crippen LogP) is 3.06. The standard InChI is InChI=1S/C20H17F3N4O4/c1-10(24-25-18(30)15-7-6-14(28)9-16(15)29)17-11(2)26-27(19(17)31)13-5-3-4-12(8-13)20(21,22)23/h3-9,26,28-29H,1-2H3,(H,25,30). The van der Waals surface area contributed by atoms with Crippen LogP contribution in [0.15, 0.2) is 52.4 Å². The molecule has 4 N–H and O–H groups in total. The first-order valence-corrected chi connectivity index (χ1v) is 8.85. The Morgan fingerprint density at radius 3 is 2.52 bits per heavy atom. The third-order valence-electron chi connectivity index (χ3n) is 4.42. The zero-order valence-electron chi connectivity index (χ0n) is 16.3. The van der Waals surface area contributed by atoms with Gasteiger partial charge in [-0.1, -0.05) is 6.07 Å². The van der Waals surface area contributed by atoms with Gasteiger partial charge in [-0.3, -0.25) is 14.7 Å². The Balaban J connectivity index is 1.91. The smallest absolute Gasteiger partial charge is 0.416 e. The number of hydrogen-bond acceptors (Lipinski definition) is 5. The van der Waals surface area contributed by atoms with E-state index in [2.05, 4.69) is 15.6 Å². The Morgan fingerprint density at radius 1 is 1.16 bits per heavy atom. The SMILES string of the molecule is CC(=NNC(=O)c1ccc(O)cc1O)c1c(C)[nH]n(-c2cccc(C(F)(F)F)c2)c1=O. The number of phenolic OH excluding ortho intramolecular Hbond substituents is 2. The number of carbonyl (C=O) groups excluding carboxylic acids is 1. The Hall–Kier alpha value is -4.02. The van der Waals surface area contributed by atoms with Gasteiger partial charge in [-0.05, 0) is 44.2 Å². The van der Waals surface area contributed by atoms with Gasteiger partial charge in [0.05, 0.1) is 28.1 Å². The second kappa shape index (κ2) is 8.01. The number of aryl methyl sites for hydroxylation is 1. The molecule has 8 nitrogen and oxygen atoms in total. The third-order valence-corrected chi connectivity index (χ3v) is 4.42. The second-order valence-corrected chi connectivity index (χ2v) is 6.64. The quantitative estimate of drug-likeness (QED) is 0.373. The van der Waals surface area contributed by atoms with Crippen molar-refractivity contribution in [2.45, 2.75) is 20.0 Å². The fraction of sp³-hybridized carbons (Fsp3) is 0.150. The number of hydrogen-bond donors (Lipinski definition) is 4. The van der Waals surface area contributed by atoms with Crippen LogP contribution in [0.4, 0.5) is 13.2 Å². The molecule has 162 valence electrons. The molecule has 0 aliphatic heterocycles. The van der Waals surface area contributed by atoms with E-state index in [-0.39, 0.29) is 28.3 Å². The summed E-state index contributed by atoms with van der Waals surface area (Å²) >= 11 is 0. The van der Waals surface area contributed by atoms with Crippen LogP contribution in [0.3, 0.4) is 0 Å². The number of nitrogens with one attached hydrogen (secondary N) is 2. The number of amides is 1. The molecule has 0 aliphatic carbocycles. The van der Waals surface area contributed by atoms with Crippen molar-refractivity contribution < 1.29 is 28.2 Å². The van der Waals surface area contributed by atoms with E-state index in [1.54, 1.807) is 0 Å². The number of nitrogens with zero attached hydrogens (tertiary/aromatic N) is 2. The van der Waals surface area contributed by atoms with E-state index in [1.807, 2.05) is 0 Å². The number of rotatable bonds is 4. The van der Waals surface area contributed by atoms with Crippen LogP contribution in [0.25, 0.3) is 5.69 Å². The highest BCUT2D eigenvalue weighted by Crippen LogP contribution is 2.30. The molecule has 11 heteroatoms. The Kier molecular flexibility index (Phi) is 5.60. The van der Waals surface area contributed by atoms with Crippen LogP contribution in [0.2, 0.25) is 0 Å². The van der Waals surface area contributed by atoms with E-state index < -0.39 is 29.0 Å². The van der Waals surface area contributed by atoms with E-state index >= 15 is 0 Å². The fourth-order valence-electron chi connectivity index (χ4n) is 2.94. The molecular weight excluding hydrogens is 417 g/mol. The molecule has 0 fully saturated rings. The van der Waals surface area contributed by atoms with Gasteiger partial charge in [0, 0.05) is 11.8 Å². The number of aromatic hydroxyl groups is 2. The van der Waals surface area contributed by atoms with E-state index in [0.29, 0.717) is 5.69 Å². The van der Waals surface area contributed by atoms with Gasteiger partial charge in [-0.25, -0.2) is 10.1 Å². The van der Waals surface area contributed by atoms with E-state index in [0.717, 1.165) is 22.9 Å². The molecule has 2 aromatic carbocycles. The maximum atomic E-state index is 13.0. The summed E-state index contributed by atoms with van der Waals surface area (Å²) in [6.45, 7) is 2.97. The molecule has 1 heterocycles. The van der Waals surface area contributed by atoms with Crippen molar-refractivity contribution in [3.05, 3.63) is 75.2 Å². The van der Waals surface area contributed by atoms with Gasteiger partial charge in [-0.15, -0.1) is 0 Å². The van der Waals surface area contributed by atoms with Crippen molar-refractivity contribution in [2.24, 2.45) is 5.10 Å². The first-order chi connectivity index (χ1) is 14.5. The number of aromatic amines is 1. The van der Waals surface area contributed by atoms with Crippen LogP contribution in [0.1, 0.15) is 34.1 Å². The molecule has 0 saturated carbocycles. The number of aromatic nitrogens is 2. The molecule has 0 atom stereocenters. The lowest BCUT2D eigenvalue weighted by Gasteiger charge is -2.08. The average Bonchev–Trinajstić information content (AvgIpc) is 2.99. The number of H-pyrrole nitrogens is 1. The molecule has 0 bridgehead atoms. The molecule has 3 aromatic rings. The van der Waals surface area contributed by atoms with Crippen LogP contribution < -0.4 is 11.0 Å². The van der Waals surface area contributed by atoms with Crippen molar-refractivity contribution in [1.82, 2.24) is 15.2 Å². The molecular formula is C20H17F3N4O4. The highest BCUT2D eigenvalue weighted by Gasteiger charge is 2.30. The predicted molar refractivity (Wildman–Crippen MR) is 106 cm³/mol. The Labute approximate surface area is 173 Å². The van der Waals surface area contributed by atoms with E-state index in [4.69, 9.17) is 0 Å². The molecule has 0 saturated heterocycles. The molecule has 31 heavy (non-hydrogen) atoms. The number of alkyl halides is 3. The fourth-order valence-corrected chi connectivity index (χ4v) is 2.94. The first kappa shape index (κ1) is 21.7. The Morgan fingerprint density at radius 2 is 1.87 bits per heavy atom. The van der Waals surface area contributed by atoms with Gasteiger partial charge in [0.2, 0.25) is 0 Å². The molecule has 1 amide bonds. The van der Waals surface area contributed by atoms with Crippen molar-refractivity contribution in [3.63, 3.8) is 0 Å². The van der Waals surface area contributed by atoms with Gasteiger partial charge in [-0.2, -0.15) is 18.3 Å². The van der Waals surface area contributed by atoms with Crippen LogP contribution in [0.5, 0.6) is 11.5 Å². The highest BCUT2D eigenvalue weighted by atomic mass is 19.4. The van der Waals surface area contributed by atoms with Crippen molar-refractivity contribution in [1.29, 1.82) is 0 Å². The van der Waals surface area contributed by atoms with Crippen molar-refractivity contribution in [3.8, 4) is 17.2 Å². The van der Waals surface area contributed by atoms with E-state index in [9.17, 15) is 33.0 Å².